The van der Waals surface area contributed by atoms with Gasteiger partial charge in [0.15, 0.2) is 17.8 Å². The number of unbranched alkanes of at least 4 members (excludes halogenated alkanes) is 2. The topological polar surface area (TPSA) is 38.7 Å². The summed E-state index contributed by atoms with van der Waals surface area (Å²) >= 11 is 0. The van der Waals surface area contributed by atoms with Crippen molar-refractivity contribution in [1.82, 2.24) is 0 Å². The largest absolute Gasteiger partial charge is 0.490 e. The quantitative estimate of drug-likeness (QED) is 0.557. The Morgan fingerprint density at radius 2 is 1.82 bits per heavy atom. The van der Waals surface area contributed by atoms with Gasteiger partial charge in [0.25, 0.3) is 0 Å². The maximum atomic E-state index is 9.47. The Morgan fingerprint density at radius 1 is 1.12 bits per heavy atom. The lowest BCUT2D eigenvalue weighted by atomic mass is 10.2. The molecule has 1 rings (SSSR count). The van der Waals surface area contributed by atoms with Crippen LogP contribution in [0, 0.1) is 0 Å². The fourth-order valence-electron chi connectivity index (χ4n) is 1.43. The van der Waals surface area contributed by atoms with Crippen LogP contribution in [0.2, 0.25) is 0 Å². The molecular formula is C14H22O3. The standard InChI is InChI=1S/C14H22O3/c1-3-5-8-11-16-12-9-6-7-10-13(12)17-14(15)4-2/h6-7,9-10,14-15H,3-5,8,11H2,1-2H3. The second kappa shape index (κ2) is 7.96. The lowest BCUT2D eigenvalue weighted by Crippen LogP contribution is -2.14. The molecule has 0 radical (unpaired) electrons. The summed E-state index contributed by atoms with van der Waals surface area (Å²) in [6, 6.07) is 7.45. The average Bonchev–Trinajstić information content (AvgIpc) is 2.36. The number of benzene rings is 1. The summed E-state index contributed by atoms with van der Waals surface area (Å²) < 4.78 is 11.0. The van der Waals surface area contributed by atoms with Crippen LogP contribution < -0.4 is 9.47 Å². The first-order valence-corrected chi connectivity index (χ1v) is 6.34. The van der Waals surface area contributed by atoms with Gasteiger partial charge in [-0.1, -0.05) is 38.8 Å². The fourth-order valence-corrected chi connectivity index (χ4v) is 1.43. The van der Waals surface area contributed by atoms with Crippen LogP contribution in [0.4, 0.5) is 0 Å². The molecule has 0 amide bonds. The van der Waals surface area contributed by atoms with Crippen molar-refractivity contribution in [2.45, 2.75) is 45.8 Å². The molecule has 0 fully saturated rings. The van der Waals surface area contributed by atoms with Gasteiger partial charge >= 0.3 is 0 Å². The molecule has 0 aliphatic carbocycles. The molecule has 0 saturated carbocycles. The molecule has 1 aromatic carbocycles. The van der Waals surface area contributed by atoms with E-state index in [0.29, 0.717) is 24.5 Å². The molecule has 17 heavy (non-hydrogen) atoms. The number of hydrogen-bond acceptors (Lipinski definition) is 3. The second-order valence-corrected chi connectivity index (χ2v) is 3.98. The Morgan fingerprint density at radius 3 is 2.47 bits per heavy atom. The van der Waals surface area contributed by atoms with Crippen LogP contribution in [0.5, 0.6) is 11.5 Å². The van der Waals surface area contributed by atoms with Gasteiger partial charge in [0.2, 0.25) is 0 Å². The highest BCUT2D eigenvalue weighted by atomic mass is 16.6. The summed E-state index contributed by atoms with van der Waals surface area (Å²) in [5.74, 6) is 1.31. The van der Waals surface area contributed by atoms with Crippen molar-refractivity contribution in [3.63, 3.8) is 0 Å². The molecule has 1 aromatic rings. The van der Waals surface area contributed by atoms with Crippen molar-refractivity contribution in [2.75, 3.05) is 6.61 Å². The number of aliphatic hydroxyl groups excluding tert-OH is 1. The zero-order valence-corrected chi connectivity index (χ0v) is 10.7. The average molecular weight is 238 g/mol. The van der Waals surface area contributed by atoms with Gasteiger partial charge in [-0.25, -0.2) is 0 Å². The van der Waals surface area contributed by atoms with Crippen molar-refractivity contribution >= 4 is 0 Å². The Kier molecular flexibility index (Phi) is 6.48. The molecule has 0 aliphatic rings. The molecule has 0 aromatic heterocycles. The number of aliphatic hydroxyl groups is 1. The van der Waals surface area contributed by atoms with Crippen LogP contribution in [0.1, 0.15) is 39.5 Å². The number of hydrogen-bond donors (Lipinski definition) is 1. The Hall–Kier alpha value is -1.22. The predicted octanol–water partition coefficient (Wildman–Crippen LogP) is 3.36. The number of rotatable bonds is 8. The third kappa shape index (κ3) is 5.09. The van der Waals surface area contributed by atoms with E-state index in [1.54, 1.807) is 0 Å². The van der Waals surface area contributed by atoms with Gasteiger partial charge < -0.3 is 14.6 Å². The van der Waals surface area contributed by atoms with Gasteiger partial charge in [-0.3, -0.25) is 0 Å². The lowest BCUT2D eigenvalue weighted by molar-refractivity contribution is -0.0210. The van der Waals surface area contributed by atoms with Gasteiger partial charge in [-0.2, -0.15) is 0 Å². The van der Waals surface area contributed by atoms with Crippen LogP contribution in [0.15, 0.2) is 24.3 Å². The van der Waals surface area contributed by atoms with Gasteiger partial charge in [-0.15, -0.1) is 0 Å². The minimum atomic E-state index is -0.768. The first-order valence-electron chi connectivity index (χ1n) is 6.34. The molecule has 3 heteroatoms. The van der Waals surface area contributed by atoms with Crippen molar-refractivity contribution in [2.24, 2.45) is 0 Å². The molecule has 0 saturated heterocycles. The van der Waals surface area contributed by atoms with Crippen molar-refractivity contribution in [3.8, 4) is 11.5 Å². The van der Waals surface area contributed by atoms with Gasteiger partial charge in [0, 0.05) is 6.42 Å². The van der Waals surface area contributed by atoms with Gasteiger partial charge in [0.1, 0.15) is 0 Å². The maximum Gasteiger partial charge on any atom is 0.197 e. The van der Waals surface area contributed by atoms with Crippen LogP contribution in [0.25, 0.3) is 0 Å². The van der Waals surface area contributed by atoms with Crippen LogP contribution in [0.3, 0.4) is 0 Å². The highest BCUT2D eigenvalue weighted by molar-refractivity contribution is 5.39. The zero-order chi connectivity index (χ0) is 12.5. The van der Waals surface area contributed by atoms with E-state index >= 15 is 0 Å². The van der Waals surface area contributed by atoms with E-state index in [9.17, 15) is 5.11 Å². The van der Waals surface area contributed by atoms with E-state index in [1.807, 2.05) is 31.2 Å². The third-order valence-corrected chi connectivity index (χ3v) is 2.47. The summed E-state index contributed by atoms with van der Waals surface area (Å²) in [5.41, 5.74) is 0. The SMILES string of the molecule is CCCCCOc1ccccc1OC(O)CC. The molecular weight excluding hydrogens is 216 g/mol. The van der Waals surface area contributed by atoms with Crippen LogP contribution in [-0.2, 0) is 0 Å². The smallest absolute Gasteiger partial charge is 0.197 e. The Balaban J connectivity index is 2.51. The zero-order valence-electron chi connectivity index (χ0n) is 10.7. The Bertz CT molecular complexity index is 312. The van der Waals surface area contributed by atoms with E-state index in [-0.39, 0.29) is 0 Å². The van der Waals surface area contributed by atoms with E-state index in [0.717, 1.165) is 6.42 Å². The molecule has 3 nitrogen and oxygen atoms in total. The van der Waals surface area contributed by atoms with E-state index in [2.05, 4.69) is 6.92 Å². The monoisotopic (exact) mass is 238 g/mol. The van der Waals surface area contributed by atoms with E-state index < -0.39 is 6.29 Å². The molecule has 96 valence electrons. The number of para-hydroxylation sites is 2. The summed E-state index contributed by atoms with van der Waals surface area (Å²) in [5, 5.41) is 9.47. The first kappa shape index (κ1) is 13.8. The van der Waals surface area contributed by atoms with Crippen molar-refractivity contribution < 1.29 is 14.6 Å². The maximum absolute atomic E-state index is 9.47. The molecule has 0 heterocycles. The molecule has 1 atom stereocenters. The fraction of sp³-hybridized carbons (Fsp3) is 0.571. The Labute approximate surface area is 103 Å². The second-order valence-electron chi connectivity index (χ2n) is 3.98. The summed E-state index contributed by atoms with van der Waals surface area (Å²) in [4.78, 5) is 0. The molecule has 0 bridgehead atoms. The molecule has 1 N–H and O–H groups in total. The molecule has 1 unspecified atom stereocenters. The third-order valence-electron chi connectivity index (χ3n) is 2.47. The van der Waals surface area contributed by atoms with E-state index in [1.165, 1.54) is 12.8 Å². The highest BCUT2D eigenvalue weighted by Gasteiger charge is 2.08. The van der Waals surface area contributed by atoms with Gasteiger partial charge in [-0.05, 0) is 18.6 Å². The van der Waals surface area contributed by atoms with Crippen molar-refractivity contribution in [3.05, 3.63) is 24.3 Å². The van der Waals surface area contributed by atoms with Gasteiger partial charge in [0.05, 0.1) is 6.61 Å². The number of ether oxygens (including phenoxy) is 2. The lowest BCUT2D eigenvalue weighted by Gasteiger charge is -2.15. The van der Waals surface area contributed by atoms with Crippen LogP contribution in [-0.4, -0.2) is 18.0 Å². The summed E-state index contributed by atoms with van der Waals surface area (Å²) in [6.45, 7) is 4.72. The minimum Gasteiger partial charge on any atom is -0.490 e. The minimum absolute atomic E-state index is 0.560. The normalized spacial score (nSPS) is 12.2. The summed E-state index contributed by atoms with van der Waals surface area (Å²) in [6.07, 6.45) is 3.18. The summed E-state index contributed by atoms with van der Waals surface area (Å²) in [7, 11) is 0. The highest BCUT2D eigenvalue weighted by Crippen LogP contribution is 2.27. The first-order chi connectivity index (χ1) is 8.27. The van der Waals surface area contributed by atoms with Crippen molar-refractivity contribution in [1.29, 1.82) is 0 Å². The molecule has 0 aliphatic heterocycles. The predicted molar refractivity (Wildman–Crippen MR) is 68.4 cm³/mol. The molecule has 0 spiro atoms. The van der Waals surface area contributed by atoms with E-state index in [4.69, 9.17) is 9.47 Å². The van der Waals surface area contributed by atoms with Crippen LogP contribution >= 0.6 is 0 Å².